The van der Waals surface area contributed by atoms with Crippen molar-refractivity contribution in [2.75, 3.05) is 7.05 Å². The van der Waals surface area contributed by atoms with Gasteiger partial charge in [0.2, 0.25) is 0 Å². The molecule has 1 N–H and O–H groups in total. The van der Waals surface area contributed by atoms with Gasteiger partial charge in [-0.05, 0) is 17.7 Å². The molecule has 0 spiro atoms. The Kier molecular flexibility index (Phi) is 9.83. The van der Waals surface area contributed by atoms with Crippen LogP contribution in [0.5, 0.6) is 0 Å². The van der Waals surface area contributed by atoms with Crippen molar-refractivity contribution >= 4 is 12.4 Å². The van der Waals surface area contributed by atoms with E-state index in [2.05, 4.69) is 10.1 Å². The van der Waals surface area contributed by atoms with Crippen molar-refractivity contribution in [3.05, 3.63) is 71.8 Å². The van der Waals surface area contributed by atoms with Crippen LogP contribution in [0.2, 0.25) is 0 Å². The zero-order chi connectivity index (χ0) is 14.6. The van der Waals surface area contributed by atoms with Crippen LogP contribution in [-0.2, 0) is 16.1 Å². The van der Waals surface area contributed by atoms with Crippen molar-refractivity contribution in [1.29, 1.82) is 0 Å². The second-order valence-corrected chi connectivity index (χ2v) is 3.84. The summed E-state index contributed by atoms with van der Waals surface area (Å²) in [6.45, 7) is 0.817. The number of hydrogen-bond donors (Lipinski definition) is 1. The van der Waals surface area contributed by atoms with Gasteiger partial charge < -0.3 is 10.1 Å². The van der Waals surface area contributed by atoms with Gasteiger partial charge in [0, 0.05) is 12.6 Å². The fourth-order valence-electron chi connectivity index (χ4n) is 1.44. The summed E-state index contributed by atoms with van der Waals surface area (Å²) < 4.78 is 4.54. The molecule has 0 unspecified atom stereocenters. The van der Waals surface area contributed by atoms with Crippen LogP contribution in [-0.4, -0.2) is 19.4 Å². The predicted molar refractivity (Wildman–Crippen MR) is 83.9 cm³/mol. The van der Waals surface area contributed by atoms with E-state index >= 15 is 0 Å². The molecule has 0 heterocycles. The largest absolute Gasteiger partial charge is 0.463 e. The van der Waals surface area contributed by atoms with E-state index in [0.29, 0.717) is 18.6 Å². The van der Waals surface area contributed by atoms with Crippen LogP contribution >= 0.6 is 0 Å². The number of nitrogens with one attached hydrogen (secondary N) is 1. The van der Waals surface area contributed by atoms with Crippen LogP contribution in [0.15, 0.2) is 60.7 Å². The van der Waals surface area contributed by atoms with Crippen LogP contribution in [0.1, 0.15) is 23.3 Å². The summed E-state index contributed by atoms with van der Waals surface area (Å²) in [6.07, 6.45) is 0. The summed E-state index contributed by atoms with van der Waals surface area (Å²) in [5.74, 6) is -0.0411. The Morgan fingerprint density at radius 3 is 2.05 bits per heavy atom. The van der Waals surface area contributed by atoms with E-state index in [1.807, 2.05) is 48.5 Å². The first-order valence-corrected chi connectivity index (χ1v) is 6.14. The second-order valence-electron chi connectivity index (χ2n) is 3.84. The van der Waals surface area contributed by atoms with Crippen molar-refractivity contribution in [2.45, 2.75) is 14.0 Å². The van der Waals surface area contributed by atoms with Gasteiger partial charge in [0.25, 0.3) is 12.4 Å². The average molecular weight is 287 g/mol. The molecule has 112 valence electrons. The molecule has 2 aromatic rings. The highest BCUT2D eigenvalue weighted by atomic mass is 16.5. The van der Waals surface area contributed by atoms with E-state index in [9.17, 15) is 9.59 Å². The Morgan fingerprint density at radius 1 is 1.05 bits per heavy atom. The molecule has 0 radical (unpaired) electrons. The van der Waals surface area contributed by atoms with Crippen LogP contribution in [0, 0.1) is 0 Å². The monoisotopic (exact) mass is 287 g/mol. The molecule has 21 heavy (non-hydrogen) atoms. The normalized spacial score (nSPS) is 8.43. The lowest BCUT2D eigenvalue weighted by Gasteiger charge is -1.96. The zero-order valence-electron chi connectivity index (χ0n) is 11.3. The number of hydrogen-bond acceptors (Lipinski definition) is 3. The van der Waals surface area contributed by atoms with Crippen LogP contribution in [0.25, 0.3) is 0 Å². The maximum absolute atomic E-state index is 10.9. The van der Waals surface area contributed by atoms with Gasteiger partial charge in [0.05, 0.1) is 0 Å². The van der Waals surface area contributed by atoms with Gasteiger partial charge >= 0.3 is 0 Å². The highest BCUT2D eigenvalue weighted by Crippen LogP contribution is 1.98. The molecule has 0 aliphatic rings. The first kappa shape index (κ1) is 18.4. The minimum Gasteiger partial charge on any atom is -0.463 e. The SMILES string of the molecule is C.CNC(=O)c1ccccc1.O=COCc1ccccc1. The molecule has 4 nitrogen and oxygen atoms in total. The lowest BCUT2D eigenvalue weighted by atomic mass is 10.2. The summed E-state index contributed by atoms with van der Waals surface area (Å²) in [4.78, 5) is 20.7. The zero-order valence-corrected chi connectivity index (χ0v) is 11.3. The smallest absolute Gasteiger partial charge is 0.293 e. The lowest BCUT2D eigenvalue weighted by molar-refractivity contribution is -0.129. The molecular weight excluding hydrogens is 266 g/mol. The molecular formula is C17H21NO3. The van der Waals surface area contributed by atoms with Crippen molar-refractivity contribution in [3.8, 4) is 0 Å². The number of carbonyl (C=O) groups is 2. The van der Waals surface area contributed by atoms with Crippen LogP contribution < -0.4 is 5.32 Å². The molecule has 0 aliphatic carbocycles. The highest BCUT2D eigenvalue weighted by molar-refractivity contribution is 5.93. The molecule has 2 rings (SSSR count). The Morgan fingerprint density at radius 2 is 1.57 bits per heavy atom. The number of rotatable bonds is 4. The van der Waals surface area contributed by atoms with Gasteiger partial charge in [0.1, 0.15) is 6.61 Å². The number of amides is 1. The molecule has 0 saturated heterocycles. The average Bonchev–Trinajstić information content (AvgIpc) is 2.54. The van der Waals surface area contributed by atoms with Crippen molar-refractivity contribution in [2.24, 2.45) is 0 Å². The molecule has 0 fully saturated rings. The minimum absolute atomic E-state index is 0. The summed E-state index contributed by atoms with van der Waals surface area (Å²) >= 11 is 0. The minimum atomic E-state index is -0.0411. The summed E-state index contributed by atoms with van der Waals surface area (Å²) in [5, 5.41) is 2.54. The highest BCUT2D eigenvalue weighted by Gasteiger charge is 1.97. The Hall–Kier alpha value is -2.62. The van der Waals surface area contributed by atoms with E-state index < -0.39 is 0 Å². The maximum Gasteiger partial charge on any atom is 0.293 e. The molecule has 0 saturated carbocycles. The standard InChI is InChI=1S/C8H9NO.C8H8O2.CH4/c1-9-8(10)7-5-3-2-4-6-7;9-7-10-6-8-4-2-1-3-5-8;/h2-6H,1H3,(H,9,10);1-5,7H,6H2;1H4. The quantitative estimate of drug-likeness (QED) is 0.879. The van der Waals surface area contributed by atoms with Gasteiger partial charge in [-0.15, -0.1) is 0 Å². The summed E-state index contributed by atoms with van der Waals surface area (Å²) in [5.41, 5.74) is 1.71. The third-order valence-corrected chi connectivity index (χ3v) is 2.42. The Labute approximate surface area is 125 Å². The summed E-state index contributed by atoms with van der Waals surface area (Å²) in [6, 6.07) is 18.7. The first-order valence-electron chi connectivity index (χ1n) is 6.14. The number of ether oxygens (including phenoxy) is 1. The van der Waals surface area contributed by atoms with Crippen LogP contribution in [0.3, 0.4) is 0 Å². The maximum atomic E-state index is 10.9. The van der Waals surface area contributed by atoms with E-state index in [0.717, 1.165) is 5.56 Å². The van der Waals surface area contributed by atoms with Crippen molar-refractivity contribution < 1.29 is 14.3 Å². The molecule has 0 bridgehead atoms. The number of benzene rings is 2. The van der Waals surface area contributed by atoms with E-state index in [1.54, 1.807) is 19.2 Å². The fourth-order valence-corrected chi connectivity index (χ4v) is 1.44. The van der Waals surface area contributed by atoms with Gasteiger partial charge in [-0.25, -0.2) is 0 Å². The third-order valence-electron chi connectivity index (χ3n) is 2.42. The van der Waals surface area contributed by atoms with Gasteiger partial charge in [-0.2, -0.15) is 0 Å². The van der Waals surface area contributed by atoms with E-state index in [1.165, 1.54) is 0 Å². The Bertz CT molecular complexity index is 512. The molecule has 4 heteroatoms. The molecule has 0 atom stereocenters. The van der Waals surface area contributed by atoms with Gasteiger partial charge in [-0.1, -0.05) is 56.0 Å². The molecule has 1 amide bonds. The third kappa shape index (κ3) is 7.52. The van der Waals surface area contributed by atoms with Gasteiger partial charge in [0.15, 0.2) is 0 Å². The molecule has 0 aromatic heterocycles. The van der Waals surface area contributed by atoms with Crippen LogP contribution in [0.4, 0.5) is 0 Å². The van der Waals surface area contributed by atoms with E-state index in [-0.39, 0.29) is 13.3 Å². The molecule has 2 aromatic carbocycles. The number of carbonyl (C=O) groups excluding carboxylic acids is 2. The van der Waals surface area contributed by atoms with Crippen molar-refractivity contribution in [3.63, 3.8) is 0 Å². The Balaban J connectivity index is 0.000000364. The first-order chi connectivity index (χ1) is 9.77. The van der Waals surface area contributed by atoms with Gasteiger partial charge in [-0.3, -0.25) is 9.59 Å². The lowest BCUT2D eigenvalue weighted by Crippen LogP contribution is -2.17. The fraction of sp³-hybridized carbons (Fsp3) is 0.176. The molecule has 0 aliphatic heterocycles. The van der Waals surface area contributed by atoms with E-state index in [4.69, 9.17) is 0 Å². The topological polar surface area (TPSA) is 55.4 Å². The summed E-state index contributed by atoms with van der Waals surface area (Å²) in [7, 11) is 1.62. The second kappa shape index (κ2) is 11.2. The predicted octanol–water partition coefficient (Wildman–Crippen LogP) is 3.04. The van der Waals surface area contributed by atoms with Crippen molar-refractivity contribution in [1.82, 2.24) is 5.32 Å².